The fourth-order valence-electron chi connectivity index (χ4n) is 3.85. The molecule has 122 valence electrons. The number of hydrogen-bond acceptors (Lipinski definition) is 1. The third-order valence-corrected chi connectivity index (χ3v) is 5.10. The molecule has 0 saturated carbocycles. The van der Waals surface area contributed by atoms with Crippen LogP contribution in [0.25, 0.3) is 10.9 Å². The highest BCUT2D eigenvalue weighted by atomic mass is 14.9. The van der Waals surface area contributed by atoms with E-state index in [1.54, 1.807) is 0 Å². The number of benzene rings is 2. The van der Waals surface area contributed by atoms with Gasteiger partial charge < -0.3 is 10.3 Å². The molecule has 2 heteroatoms. The van der Waals surface area contributed by atoms with Crippen LogP contribution in [0.2, 0.25) is 0 Å². The zero-order valence-corrected chi connectivity index (χ0v) is 13.9. The largest absolute Gasteiger partial charge is 0.361 e. The Kier molecular flexibility index (Phi) is 4.48. The maximum atomic E-state index is 3.69. The van der Waals surface area contributed by atoms with Gasteiger partial charge in [0.1, 0.15) is 0 Å². The number of H-pyrrole nitrogens is 1. The van der Waals surface area contributed by atoms with Gasteiger partial charge in [-0.05, 0) is 36.5 Å². The number of fused-ring (bicyclic) bond motifs is 1. The summed E-state index contributed by atoms with van der Waals surface area (Å²) in [5.41, 5.74) is 4.10. The van der Waals surface area contributed by atoms with E-state index in [4.69, 9.17) is 0 Å². The standard InChI is InChI=1S/C22H24N2/c1-2-8-17(9-3-1)19-12-7-15-23-21(19)14-6-10-18-16-24-22-13-5-4-11-20(18)22/h1-5,7-9,11-13,16,19,21,23-24H,6,10,14-15H2. The SMILES string of the molecule is C1=CC(c2ccccc2)C(CCCc2c[nH]c3ccccc23)NC1. The molecule has 1 aliphatic rings. The Morgan fingerprint density at radius 1 is 0.958 bits per heavy atom. The summed E-state index contributed by atoms with van der Waals surface area (Å²) in [6.45, 7) is 0.987. The van der Waals surface area contributed by atoms with Gasteiger partial charge in [0.15, 0.2) is 0 Å². The first-order valence-corrected chi connectivity index (χ1v) is 8.92. The lowest BCUT2D eigenvalue weighted by Gasteiger charge is -2.29. The van der Waals surface area contributed by atoms with Crippen molar-refractivity contribution in [3.05, 3.63) is 84.1 Å². The Morgan fingerprint density at radius 2 is 1.79 bits per heavy atom. The number of rotatable bonds is 5. The highest BCUT2D eigenvalue weighted by Crippen LogP contribution is 2.27. The highest BCUT2D eigenvalue weighted by molar-refractivity contribution is 5.82. The third kappa shape index (κ3) is 3.15. The van der Waals surface area contributed by atoms with Crippen LogP contribution in [-0.2, 0) is 6.42 Å². The summed E-state index contributed by atoms with van der Waals surface area (Å²) >= 11 is 0. The molecule has 2 heterocycles. The molecule has 2 unspecified atom stereocenters. The number of aromatic nitrogens is 1. The van der Waals surface area contributed by atoms with E-state index in [1.807, 2.05) is 0 Å². The van der Waals surface area contributed by atoms with Crippen molar-refractivity contribution in [3.63, 3.8) is 0 Å². The Morgan fingerprint density at radius 3 is 2.71 bits per heavy atom. The van der Waals surface area contributed by atoms with Crippen molar-refractivity contribution in [2.75, 3.05) is 6.54 Å². The van der Waals surface area contributed by atoms with E-state index in [2.05, 4.69) is 83.2 Å². The van der Waals surface area contributed by atoms with Gasteiger partial charge in [-0.1, -0.05) is 60.7 Å². The highest BCUT2D eigenvalue weighted by Gasteiger charge is 2.22. The minimum absolute atomic E-state index is 0.489. The summed E-state index contributed by atoms with van der Waals surface area (Å²) in [5, 5.41) is 5.06. The number of para-hydroxylation sites is 1. The molecular formula is C22H24N2. The van der Waals surface area contributed by atoms with Crippen LogP contribution in [0.1, 0.15) is 29.9 Å². The normalized spacial score (nSPS) is 20.5. The van der Waals surface area contributed by atoms with E-state index in [9.17, 15) is 0 Å². The molecule has 0 amide bonds. The maximum absolute atomic E-state index is 3.69. The smallest absolute Gasteiger partial charge is 0.0456 e. The molecule has 2 N–H and O–H groups in total. The van der Waals surface area contributed by atoms with Crippen LogP contribution in [0.4, 0.5) is 0 Å². The molecule has 0 bridgehead atoms. The summed E-state index contributed by atoms with van der Waals surface area (Å²) in [5.74, 6) is 0.489. The fourth-order valence-corrected chi connectivity index (χ4v) is 3.85. The Balaban J connectivity index is 1.42. The van der Waals surface area contributed by atoms with Crippen molar-refractivity contribution >= 4 is 10.9 Å². The zero-order chi connectivity index (χ0) is 16.2. The van der Waals surface area contributed by atoms with Crippen LogP contribution >= 0.6 is 0 Å². The van der Waals surface area contributed by atoms with Crippen molar-refractivity contribution in [3.8, 4) is 0 Å². The molecule has 0 radical (unpaired) electrons. The molecule has 2 nitrogen and oxygen atoms in total. The fraction of sp³-hybridized carbons (Fsp3) is 0.273. The van der Waals surface area contributed by atoms with Crippen molar-refractivity contribution in [1.29, 1.82) is 0 Å². The van der Waals surface area contributed by atoms with Gasteiger partial charge in [-0.3, -0.25) is 0 Å². The minimum Gasteiger partial charge on any atom is -0.361 e. The molecule has 2 aromatic carbocycles. The molecule has 1 aromatic heterocycles. The molecule has 0 aliphatic carbocycles. The second kappa shape index (κ2) is 7.06. The summed E-state index contributed by atoms with van der Waals surface area (Å²) < 4.78 is 0. The molecular weight excluding hydrogens is 292 g/mol. The lowest BCUT2D eigenvalue weighted by molar-refractivity contribution is 0.438. The number of aryl methyl sites for hydroxylation is 1. The lowest BCUT2D eigenvalue weighted by Crippen LogP contribution is -2.37. The maximum Gasteiger partial charge on any atom is 0.0456 e. The van der Waals surface area contributed by atoms with Crippen LogP contribution < -0.4 is 5.32 Å². The monoisotopic (exact) mass is 316 g/mol. The topological polar surface area (TPSA) is 27.8 Å². The van der Waals surface area contributed by atoms with E-state index in [1.165, 1.54) is 34.9 Å². The van der Waals surface area contributed by atoms with Gasteiger partial charge in [0.25, 0.3) is 0 Å². The van der Waals surface area contributed by atoms with Crippen molar-refractivity contribution < 1.29 is 0 Å². The van der Waals surface area contributed by atoms with Gasteiger partial charge in [0.05, 0.1) is 0 Å². The van der Waals surface area contributed by atoms with Crippen LogP contribution in [0.5, 0.6) is 0 Å². The third-order valence-electron chi connectivity index (χ3n) is 5.10. The Bertz CT molecular complexity index is 816. The van der Waals surface area contributed by atoms with Gasteiger partial charge in [-0.2, -0.15) is 0 Å². The van der Waals surface area contributed by atoms with Gasteiger partial charge >= 0.3 is 0 Å². The molecule has 0 saturated heterocycles. The van der Waals surface area contributed by atoms with Crippen molar-refractivity contribution in [2.24, 2.45) is 0 Å². The van der Waals surface area contributed by atoms with Crippen LogP contribution in [-0.4, -0.2) is 17.6 Å². The molecule has 4 rings (SSSR count). The van der Waals surface area contributed by atoms with Crippen LogP contribution in [0, 0.1) is 0 Å². The molecule has 1 aliphatic heterocycles. The predicted octanol–water partition coefficient (Wildman–Crippen LogP) is 4.80. The summed E-state index contributed by atoms with van der Waals surface area (Å²) in [4.78, 5) is 3.38. The van der Waals surface area contributed by atoms with E-state index in [0.29, 0.717) is 12.0 Å². The Labute approximate surface area is 143 Å². The molecule has 3 aromatic rings. The minimum atomic E-state index is 0.489. The number of hydrogen-bond donors (Lipinski definition) is 2. The van der Waals surface area contributed by atoms with E-state index in [-0.39, 0.29) is 0 Å². The molecule has 0 fully saturated rings. The zero-order valence-electron chi connectivity index (χ0n) is 13.9. The van der Waals surface area contributed by atoms with E-state index >= 15 is 0 Å². The average molecular weight is 316 g/mol. The average Bonchev–Trinajstić information content (AvgIpc) is 3.06. The van der Waals surface area contributed by atoms with Gasteiger partial charge in [0, 0.05) is 35.6 Å². The molecule has 24 heavy (non-hydrogen) atoms. The number of aromatic amines is 1. The molecule has 0 spiro atoms. The Hall–Kier alpha value is -2.32. The van der Waals surface area contributed by atoms with Gasteiger partial charge in [0.2, 0.25) is 0 Å². The summed E-state index contributed by atoms with van der Waals surface area (Å²) in [6.07, 6.45) is 10.3. The van der Waals surface area contributed by atoms with Gasteiger partial charge in [-0.25, -0.2) is 0 Å². The first kappa shape index (κ1) is 15.2. The predicted molar refractivity (Wildman–Crippen MR) is 101 cm³/mol. The van der Waals surface area contributed by atoms with Crippen molar-refractivity contribution in [1.82, 2.24) is 10.3 Å². The first-order valence-electron chi connectivity index (χ1n) is 8.92. The second-order valence-corrected chi connectivity index (χ2v) is 6.63. The van der Waals surface area contributed by atoms with Gasteiger partial charge in [-0.15, -0.1) is 0 Å². The van der Waals surface area contributed by atoms with Crippen LogP contribution in [0.15, 0.2) is 72.9 Å². The first-order chi connectivity index (χ1) is 11.9. The van der Waals surface area contributed by atoms with E-state index < -0.39 is 0 Å². The quantitative estimate of drug-likeness (QED) is 0.650. The van der Waals surface area contributed by atoms with Crippen LogP contribution in [0.3, 0.4) is 0 Å². The second-order valence-electron chi connectivity index (χ2n) is 6.63. The number of nitrogens with one attached hydrogen (secondary N) is 2. The summed E-state index contributed by atoms with van der Waals surface area (Å²) in [7, 11) is 0. The lowest BCUT2D eigenvalue weighted by atomic mass is 9.86. The van der Waals surface area contributed by atoms with E-state index in [0.717, 1.165) is 13.0 Å². The summed E-state index contributed by atoms with van der Waals surface area (Å²) in [6, 6.07) is 20.0. The molecule has 2 atom stereocenters. The van der Waals surface area contributed by atoms with Crippen molar-refractivity contribution in [2.45, 2.75) is 31.2 Å².